The number of carbonyl (C=O) groups excluding carboxylic acids is 1. The summed E-state index contributed by atoms with van der Waals surface area (Å²) in [6.45, 7) is 6.01. The molecule has 25 heavy (non-hydrogen) atoms. The van der Waals surface area contributed by atoms with Crippen LogP contribution in [0.15, 0.2) is 57.9 Å². The number of sulfonamides is 1. The van der Waals surface area contributed by atoms with Gasteiger partial charge >= 0.3 is 0 Å². The molecule has 0 aliphatic heterocycles. The molecule has 7 heteroatoms. The highest BCUT2D eigenvalue weighted by atomic mass is 79.9. The van der Waals surface area contributed by atoms with Gasteiger partial charge in [0.2, 0.25) is 0 Å². The zero-order valence-corrected chi connectivity index (χ0v) is 16.7. The average Bonchev–Trinajstić information content (AvgIpc) is 2.55. The smallest absolute Gasteiger partial charge is 0.261 e. The first-order chi connectivity index (χ1) is 11.7. The van der Waals surface area contributed by atoms with Gasteiger partial charge in [0.05, 0.1) is 4.90 Å². The molecule has 0 fully saturated rings. The number of halogens is 1. The summed E-state index contributed by atoms with van der Waals surface area (Å²) in [6.07, 6.45) is 0. The van der Waals surface area contributed by atoms with Crippen molar-refractivity contribution in [1.82, 2.24) is 5.32 Å². The van der Waals surface area contributed by atoms with Gasteiger partial charge in [0.1, 0.15) is 0 Å². The molecule has 2 N–H and O–H groups in total. The summed E-state index contributed by atoms with van der Waals surface area (Å²) in [4.78, 5) is 12.3. The summed E-state index contributed by atoms with van der Waals surface area (Å²) in [7, 11) is -3.66. The van der Waals surface area contributed by atoms with Crippen LogP contribution in [0.1, 0.15) is 31.1 Å². The van der Waals surface area contributed by atoms with Crippen LogP contribution in [-0.2, 0) is 10.0 Å². The second-order valence-electron chi connectivity index (χ2n) is 6.14. The monoisotopic (exact) mass is 424 g/mol. The molecule has 0 saturated carbocycles. The topological polar surface area (TPSA) is 75.3 Å². The molecular weight excluding hydrogens is 404 g/mol. The quantitative estimate of drug-likeness (QED) is 0.734. The molecule has 0 radical (unpaired) electrons. The third-order valence-electron chi connectivity index (χ3n) is 3.88. The molecule has 0 saturated heterocycles. The minimum Gasteiger partial charge on any atom is -0.349 e. The van der Waals surface area contributed by atoms with Gasteiger partial charge in [-0.05, 0) is 61.4 Å². The minimum absolute atomic E-state index is 0.0584. The first-order valence-electron chi connectivity index (χ1n) is 7.88. The first-order valence-corrected chi connectivity index (χ1v) is 10.2. The van der Waals surface area contributed by atoms with Crippen molar-refractivity contribution in [1.29, 1.82) is 0 Å². The molecule has 1 amide bonds. The fourth-order valence-electron chi connectivity index (χ4n) is 1.97. The van der Waals surface area contributed by atoms with Crippen LogP contribution >= 0.6 is 15.9 Å². The standard InChI is InChI=1S/C18H21BrN2O3S/c1-12(2)13(3)20-18(22)14-4-8-16(9-5-14)21-25(23,24)17-10-6-15(19)7-11-17/h4-13,21H,1-3H3,(H,20,22). The predicted octanol–water partition coefficient (Wildman–Crippen LogP) is 4.02. The van der Waals surface area contributed by atoms with Crippen LogP contribution in [0.3, 0.4) is 0 Å². The van der Waals surface area contributed by atoms with Crippen LogP contribution in [0.2, 0.25) is 0 Å². The van der Waals surface area contributed by atoms with Crippen molar-refractivity contribution in [2.75, 3.05) is 4.72 Å². The maximum atomic E-state index is 12.3. The highest BCUT2D eigenvalue weighted by molar-refractivity contribution is 9.10. The van der Waals surface area contributed by atoms with Gasteiger partial charge < -0.3 is 5.32 Å². The molecule has 0 aromatic heterocycles. The van der Waals surface area contributed by atoms with E-state index in [2.05, 4.69) is 26.0 Å². The fraction of sp³-hybridized carbons (Fsp3) is 0.278. The lowest BCUT2D eigenvalue weighted by Gasteiger charge is -2.17. The van der Waals surface area contributed by atoms with Gasteiger partial charge in [-0.2, -0.15) is 0 Å². The number of nitrogens with one attached hydrogen (secondary N) is 2. The summed E-state index contributed by atoms with van der Waals surface area (Å²) in [5, 5.41) is 2.91. The predicted molar refractivity (Wildman–Crippen MR) is 103 cm³/mol. The van der Waals surface area contributed by atoms with Crippen molar-refractivity contribution in [3.63, 3.8) is 0 Å². The number of amides is 1. The molecule has 1 unspecified atom stereocenters. The Morgan fingerprint density at radius 1 is 0.960 bits per heavy atom. The molecule has 0 bridgehead atoms. The van der Waals surface area contributed by atoms with Crippen molar-refractivity contribution in [3.05, 3.63) is 58.6 Å². The highest BCUT2D eigenvalue weighted by Crippen LogP contribution is 2.19. The van der Waals surface area contributed by atoms with Crippen molar-refractivity contribution in [2.24, 2.45) is 5.92 Å². The van der Waals surface area contributed by atoms with E-state index in [-0.39, 0.29) is 16.8 Å². The lowest BCUT2D eigenvalue weighted by Crippen LogP contribution is -2.36. The largest absolute Gasteiger partial charge is 0.349 e. The molecule has 0 aliphatic rings. The van der Waals surface area contributed by atoms with Gasteiger partial charge in [0.15, 0.2) is 0 Å². The van der Waals surface area contributed by atoms with Gasteiger partial charge in [0.25, 0.3) is 15.9 Å². The molecular formula is C18H21BrN2O3S. The van der Waals surface area contributed by atoms with Crippen molar-refractivity contribution < 1.29 is 13.2 Å². The van der Waals surface area contributed by atoms with E-state index in [0.29, 0.717) is 17.2 Å². The molecule has 1 atom stereocenters. The zero-order chi connectivity index (χ0) is 18.6. The number of hydrogen-bond donors (Lipinski definition) is 2. The van der Waals surface area contributed by atoms with Crippen LogP contribution in [0.25, 0.3) is 0 Å². The SMILES string of the molecule is CC(C)C(C)NC(=O)c1ccc(NS(=O)(=O)c2ccc(Br)cc2)cc1. The maximum Gasteiger partial charge on any atom is 0.261 e. The van der Waals surface area contributed by atoms with Crippen LogP contribution in [0.5, 0.6) is 0 Å². The van der Waals surface area contributed by atoms with E-state index in [1.807, 2.05) is 20.8 Å². The molecule has 0 spiro atoms. The van der Waals surface area contributed by atoms with E-state index in [1.165, 1.54) is 12.1 Å². The summed E-state index contributed by atoms with van der Waals surface area (Å²) < 4.78 is 28.0. The van der Waals surface area contributed by atoms with E-state index >= 15 is 0 Å². The Morgan fingerprint density at radius 3 is 2.04 bits per heavy atom. The number of carbonyl (C=O) groups is 1. The van der Waals surface area contributed by atoms with E-state index < -0.39 is 10.0 Å². The second-order valence-corrected chi connectivity index (χ2v) is 8.74. The van der Waals surface area contributed by atoms with Gasteiger partial charge in [-0.25, -0.2) is 8.42 Å². The zero-order valence-electron chi connectivity index (χ0n) is 14.3. The Kier molecular flexibility index (Phi) is 6.24. The van der Waals surface area contributed by atoms with Crippen LogP contribution < -0.4 is 10.0 Å². The summed E-state index contributed by atoms with van der Waals surface area (Å²) >= 11 is 3.27. The number of hydrogen-bond acceptors (Lipinski definition) is 3. The van der Waals surface area contributed by atoms with Gasteiger partial charge in [-0.1, -0.05) is 29.8 Å². The Labute approximate surface area is 157 Å². The minimum atomic E-state index is -3.66. The fourth-order valence-corrected chi connectivity index (χ4v) is 3.30. The van der Waals surface area contributed by atoms with Crippen molar-refractivity contribution in [2.45, 2.75) is 31.7 Å². The number of benzene rings is 2. The third kappa shape index (κ3) is 5.31. The molecule has 0 aliphatic carbocycles. The number of rotatable bonds is 6. The van der Waals surface area contributed by atoms with E-state index in [4.69, 9.17) is 0 Å². The first kappa shape index (κ1) is 19.5. The highest BCUT2D eigenvalue weighted by Gasteiger charge is 2.15. The van der Waals surface area contributed by atoms with Crippen LogP contribution in [0.4, 0.5) is 5.69 Å². The maximum absolute atomic E-state index is 12.3. The molecule has 2 rings (SSSR count). The molecule has 134 valence electrons. The Balaban J connectivity index is 2.09. The van der Waals surface area contributed by atoms with E-state index in [0.717, 1.165) is 4.47 Å². The van der Waals surface area contributed by atoms with Gasteiger partial charge in [0, 0.05) is 21.8 Å². The van der Waals surface area contributed by atoms with Gasteiger partial charge in [-0.15, -0.1) is 0 Å². The van der Waals surface area contributed by atoms with Crippen LogP contribution in [-0.4, -0.2) is 20.4 Å². The molecule has 2 aromatic carbocycles. The Morgan fingerprint density at radius 2 is 1.52 bits per heavy atom. The summed E-state index contributed by atoms with van der Waals surface area (Å²) in [5.41, 5.74) is 0.885. The van der Waals surface area contributed by atoms with E-state index in [9.17, 15) is 13.2 Å². The summed E-state index contributed by atoms with van der Waals surface area (Å²) in [5.74, 6) is 0.157. The lowest BCUT2D eigenvalue weighted by atomic mass is 10.1. The third-order valence-corrected chi connectivity index (χ3v) is 5.81. The van der Waals surface area contributed by atoms with Gasteiger partial charge in [-0.3, -0.25) is 9.52 Å². The Bertz CT molecular complexity index is 832. The molecule has 5 nitrogen and oxygen atoms in total. The second kappa shape index (κ2) is 8.01. The normalized spacial score (nSPS) is 12.7. The average molecular weight is 425 g/mol. The van der Waals surface area contributed by atoms with Crippen molar-refractivity contribution in [3.8, 4) is 0 Å². The van der Waals surface area contributed by atoms with Crippen molar-refractivity contribution >= 4 is 37.5 Å². The Hall–Kier alpha value is -1.86. The van der Waals surface area contributed by atoms with Crippen LogP contribution in [0, 0.1) is 5.92 Å². The lowest BCUT2D eigenvalue weighted by molar-refractivity contribution is 0.0930. The molecule has 2 aromatic rings. The summed E-state index contributed by atoms with van der Waals surface area (Å²) in [6, 6.07) is 12.8. The molecule has 0 heterocycles. The number of anilines is 1. The van der Waals surface area contributed by atoms with E-state index in [1.54, 1.807) is 36.4 Å².